The molecular weight excluding hydrogens is 269 g/mol. The van der Waals surface area contributed by atoms with E-state index >= 15 is 0 Å². The van der Waals surface area contributed by atoms with Gasteiger partial charge in [-0.05, 0) is 18.6 Å². The molecule has 0 atom stereocenters. The Morgan fingerprint density at radius 2 is 2.06 bits per heavy atom. The van der Waals surface area contributed by atoms with Gasteiger partial charge in [-0.15, -0.1) is 6.58 Å². The number of alkyl halides is 3. The van der Waals surface area contributed by atoms with Gasteiger partial charge in [-0.2, -0.15) is 13.2 Å². The van der Waals surface area contributed by atoms with Crippen molar-refractivity contribution in [2.45, 2.75) is 12.6 Å². The molecular formula is C10H11F3N2O2S. The average Bonchev–Trinajstić information content (AvgIpc) is 2.25. The summed E-state index contributed by atoms with van der Waals surface area (Å²) in [5.74, 6) is -0.183. The van der Waals surface area contributed by atoms with Gasteiger partial charge in [-0.25, -0.2) is 13.4 Å². The molecule has 0 aliphatic carbocycles. The van der Waals surface area contributed by atoms with Crippen molar-refractivity contribution in [3.8, 4) is 0 Å². The van der Waals surface area contributed by atoms with Crippen LogP contribution in [0, 0.1) is 0 Å². The van der Waals surface area contributed by atoms with E-state index in [1.807, 2.05) is 0 Å². The molecule has 0 fully saturated rings. The van der Waals surface area contributed by atoms with Gasteiger partial charge in [0.25, 0.3) is 0 Å². The van der Waals surface area contributed by atoms with Gasteiger partial charge >= 0.3 is 6.18 Å². The molecule has 0 unspecified atom stereocenters. The van der Waals surface area contributed by atoms with Crippen molar-refractivity contribution in [3.63, 3.8) is 0 Å². The Kier molecular flexibility index (Phi) is 4.33. The first-order chi connectivity index (χ1) is 8.24. The molecule has 1 heterocycles. The molecule has 1 N–H and O–H groups in total. The number of hydrogen-bond donors (Lipinski definition) is 1. The number of aromatic nitrogens is 1. The molecule has 0 bridgehead atoms. The van der Waals surface area contributed by atoms with Gasteiger partial charge in [0.2, 0.25) is 10.0 Å². The number of rotatable bonds is 5. The number of pyridine rings is 1. The van der Waals surface area contributed by atoms with Crippen LogP contribution >= 0.6 is 0 Å². The zero-order valence-corrected chi connectivity index (χ0v) is 10.1. The lowest BCUT2D eigenvalue weighted by Crippen LogP contribution is -2.17. The largest absolute Gasteiger partial charge is 0.433 e. The van der Waals surface area contributed by atoms with Crippen molar-refractivity contribution < 1.29 is 21.6 Å². The summed E-state index contributed by atoms with van der Waals surface area (Å²) in [5, 5.41) is 0. The number of anilines is 1. The van der Waals surface area contributed by atoms with E-state index in [9.17, 15) is 21.6 Å². The summed E-state index contributed by atoms with van der Waals surface area (Å²) in [5.41, 5.74) is -1.08. The van der Waals surface area contributed by atoms with Crippen LogP contribution in [0.3, 0.4) is 0 Å². The molecule has 0 aliphatic heterocycles. The van der Waals surface area contributed by atoms with Crippen LogP contribution < -0.4 is 4.72 Å². The lowest BCUT2D eigenvalue weighted by atomic mass is 10.3. The Morgan fingerprint density at radius 3 is 2.50 bits per heavy atom. The Bertz CT molecular complexity index is 509. The van der Waals surface area contributed by atoms with Crippen LogP contribution in [0.15, 0.2) is 31.0 Å². The third-order valence-electron chi connectivity index (χ3n) is 1.92. The summed E-state index contributed by atoms with van der Waals surface area (Å²) < 4.78 is 61.6. The normalized spacial score (nSPS) is 12.2. The molecule has 0 radical (unpaired) electrons. The van der Waals surface area contributed by atoms with Crippen LogP contribution in [0.4, 0.5) is 18.9 Å². The molecule has 8 heteroatoms. The summed E-state index contributed by atoms with van der Waals surface area (Å²) >= 11 is 0. The highest BCUT2D eigenvalue weighted by atomic mass is 32.2. The van der Waals surface area contributed by atoms with E-state index in [0.29, 0.717) is 6.07 Å². The third-order valence-corrected chi connectivity index (χ3v) is 3.24. The second-order valence-corrected chi connectivity index (χ2v) is 5.27. The molecule has 0 saturated heterocycles. The van der Waals surface area contributed by atoms with Crippen molar-refractivity contribution in [3.05, 3.63) is 36.7 Å². The molecule has 18 heavy (non-hydrogen) atoms. The SMILES string of the molecule is C=CCCS(=O)(=O)Nc1ccc(C(F)(F)F)nc1. The summed E-state index contributed by atoms with van der Waals surface area (Å²) in [6, 6.07) is 1.73. The van der Waals surface area contributed by atoms with Gasteiger partial charge < -0.3 is 0 Å². The summed E-state index contributed by atoms with van der Waals surface area (Å²) in [6.45, 7) is 3.38. The van der Waals surface area contributed by atoms with Crippen molar-refractivity contribution in [2.24, 2.45) is 0 Å². The molecule has 1 rings (SSSR count). The fraction of sp³-hybridized carbons (Fsp3) is 0.300. The first-order valence-electron chi connectivity index (χ1n) is 4.89. The minimum Gasteiger partial charge on any atom is -0.282 e. The maximum Gasteiger partial charge on any atom is 0.433 e. The minimum absolute atomic E-state index is 0.00735. The van der Waals surface area contributed by atoms with Crippen molar-refractivity contribution in [2.75, 3.05) is 10.5 Å². The van der Waals surface area contributed by atoms with Crippen molar-refractivity contribution in [1.29, 1.82) is 0 Å². The molecule has 0 amide bonds. The number of nitrogens with one attached hydrogen (secondary N) is 1. The number of allylic oxidation sites excluding steroid dienone is 1. The average molecular weight is 280 g/mol. The Morgan fingerprint density at radius 1 is 1.39 bits per heavy atom. The summed E-state index contributed by atoms with van der Waals surface area (Å²) in [4.78, 5) is 3.14. The predicted octanol–water partition coefficient (Wildman–Crippen LogP) is 2.42. The lowest BCUT2D eigenvalue weighted by molar-refractivity contribution is -0.141. The Hall–Kier alpha value is -1.57. The van der Waals surface area contributed by atoms with Gasteiger partial charge in [0.1, 0.15) is 5.69 Å². The van der Waals surface area contributed by atoms with E-state index in [1.165, 1.54) is 6.08 Å². The molecule has 0 aliphatic rings. The lowest BCUT2D eigenvalue weighted by Gasteiger charge is -2.08. The van der Waals surface area contributed by atoms with Gasteiger partial charge in [-0.1, -0.05) is 6.08 Å². The monoisotopic (exact) mass is 280 g/mol. The second-order valence-electron chi connectivity index (χ2n) is 3.43. The quantitative estimate of drug-likeness (QED) is 0.843. The third kappa shape index (κ3) is 4.36. The summed E-state index contributed by atoms with van der Waals surface area (Å²) in [6.07, 6.45) is -2.03. The Balaban J connectivity index is 2.78. The van der Waals surface area contributed by atoms with Crippen molar-refractivity contribution in [1.82, 2.24) is 4.98 Å². The van der Waals surface area contributed by atoms with E-state index in [2.05, 4.69) is 16.3 Å². The van der Waals surface area contributed by atoms with Crippen LogP contribution in [-0.4, -0.2) is 19.2 Å². The van der Waals surface area contributed by atoms with E-state index in [1.54, 1.807) is 0 Å². The van der Waals surface area contributed by atoms with Crippen LogP contribution in [-0.2, 0) is 16.2 Å². The van der Waals surface area contributed by atoms with Crippen LogP contribution in [0.5, 0.6) is 0 Å². The molecule has 1 aromatic rings. The zero-order valence-electron chi connectivity index (χ0n) is 9.24. The number of hydrogen-bond acceptors (Lipinski definition) is 3. The standard InChI is InChI=1S/C10H11F3N2O2S/c1-2-3-6-18(16,17)15-8-4-5-9(14-7-8)10(11,12)13/h2,4-5,7,15H,1,3,6H2. The van der Waals surface area contributed by atoms with E-state index in [0.717, 1.165) is 12.3 Å². The first-order valence-corrected chi connectivity index (χ1v) is 6.54. The molecule has 0 spiro atoms. The van der Waals surface area contributed by atoms with Crippen LogP contribution in [0.1, 0.15) is 12.1 Å². The first kappa shape index (κ1) is 14.5. The minimum atomic E-state index is -4.54. The fourth-order valence-electron chi connectivity index (χ4n) is 1.09. The topological polar surface area (TPSA) is 59.1 Å². The van der Waals surface area contributed by atoms with E-state index in [4.69, 9.17) is 0 Å². The fourth-order valence-corrected chi connectivity index (χ4v) is 2.15. The van der Waals surface area contributed by atoms with Gasteiger partial charge in [0, 0.05) is 0 Å². The number of nitrogens with zero attached hydrogens (tertiary/aromatic N) is 1. The molecule has 0 aromatic carbocycles. The molecule has 1 aromatic heterocycles. The van der Waals surface area contributed by atoms with Crippen LogP contribution in [0.25, 0.3) is 0 Å². The highest BCUT2D eigenvalue weighted by molar-refractivity contribution is 7.92. The molecule has 100 valence electrons. The van der Waals surface area contributed by atoms with Gasteiger partial charge in [0.05, 0.1) is 17.6 Å². The maximum atomic E-state index is 12.2. The van der Waals surface area contributed by atoms with Crippen molar-refractivity contribution >= 4 is 15.7 Å². The van der Waals surface area contributed by atoms with Gasteiger partial charge in [-0.3, -0.25) is 4.72 Å². The maximum absolute atomic E-state index is 12.2. The van der Waals surface area contributed by atoms with E-state index in [-0.39, 0.29) is 17.9 Å². The smallest absolute Gasteiger partial charge is 0.282 e. The van der Waals surface area contributed by atoms with Crippen LogP contribution in [0.2, 0.25) is 0 Å². The van der Waals surface area contributed by atoms with Gasteiger partial charge in [0.15, 0.2) is 0 Å². The Labute approximate surface area is 103 Å². The second kappa shape index (κ2) is 5.38. The predicted molar refractivity (Wildman–Crippen MR) is 61.5 cm³/mol. The highest BCUT2D eigenvalue weighted by Gasteiger charge is 2.32. The molecule has 4 nitrogen and oxygen atoms in total. The van der Waals surface area contributed by atoms with E-state index < -0.39 is 21.9 Å². The molecule has 0 saturated carbocycles. The number of sulfonamides is 1. The highest BCUT2D eigenvalue weighted by Crippen LogP contribution is 2.27. The summed E-state index contributed by atoms with van der Waals surface area (Å²) in [7, 11) is -3.59. The number of halogens is 3. The zero-order chi connectivity index (χ0) is 13.8.